The highest BCUT2D eigenvalue weighted by atomic mass is 32.1. The molecule has 3 aromatic carbocycles. The highest BCUT2D eigenvalue weighted by molar-refractivity contribution is 7.09. The van der Waals surface area contributed by atoms with E-state index in [0.29, 0.717) is 23.4 Å². The second kappa shape index (κ2) is 15.4. The molecular formula is C36H35F3N4O4S. The highest BCUT2D eigenvalue weighted by Crippen LogP contribution is 2.29. The Morgan fingerprint density at radius 3 is 2.42 bits per heavy atom. The lowest BCUT2D eigenvalue weighted by atomic mass is 9.99. The Morgan fingerprint density at radius 1 is 0.979 bits per heavy atom. The number of hydrogen-bond donors (Lipinski definition) is 3. The molecule has 0 aliphatic heterocycles. The lowest BCUT2D eigenvalue weighted by molar-refractivity contribution is -0.137. The fourth-order valence-electron chi connectivity index (χ4n) is 5.20. The summed E-state index contributed by atoms with van der Waals surface area (Å²) >= 11 is 1.46. The SMILES string of the molecule is Cc1csc(CN(C)C(=O)c2cc(C(=O)N[C@@H](Cc3ccccc3)[C@H](O)CNCc3cccc(C(F)(F)F)c3)cc(-c3ccco3)c2)n1. The van der Waals surface area contributed by atoms with Gasteiger partial charge in [-0.1, -0.05) is 48.5 Å². The molecule has 0 bridgehead atoms. The van der Waals surface area contributed by atoms with Crippen molar-refractivity contribution in [3.8, 4) is 11.3 Å². The third-order valence-electron chi connectivity index (χ3n) is 7.65. The number of nitrogens with one attached hydrogen (secondary N) is 2. The van der Waals surface area contributed by atoms with Gasteiger partial charge in [-0.3, -0.25) is 9.59 Å². The van der Waals surface area contributed by atoms with E-state index in [-0.39, 0.29) is 36.5 Å². The molecule has 2 heterocycles. The van der Waals surface area contributed by atoms with E-state index in [1.54, 1.807) is 37.4 Å². The van der Waals surface area contributed by atoms with E-state index in [9.17, 15) is 27.9 Å². The lowest BCUT2D eigenvalue weighted by Crippen LogP contribution is -2.48. The molecule has 5 aromatic rings. The molecule has 12 heteroatoms. The van der Waals surface area contributed by atoms with Crippen LogP contribution in [0.3, 0.4) is 0 Å². The van der Waals surface area contributed by atoms with E-state index >= 15 is 0 Å². The molecule has 48 heavy (non-hydrogen) atoms. The van der Waals surface area contributed by atoms with Crippen LogP contribution in [0, 0.1) is 6.92 Å². The maximum atomic E-state index is 13.8. The maximum absolute atomic E-state index is 13.8. The summed E-state index contributed by atoms with van der Waals surface area (Å²) in [5.41, 5.74) is 2.36. The fourth-order valence-corrected chi connectivity index (χ4v) is 6.03. The first-order chi connectivity index (χ1) is 23.0. The zero-order chi connectivity index (χ0) is 34.3. The number of amides is 2. The fraction of sp³-hybridized carbons (Fsp3) is 0.250. The van der Waals surface area contributed by atoms with Crippen LogP contribution in [0.1, 0.15) is 48.1 Å². The summed E-state index contributed by atoms with van der Waals surface area (Å²) < 4.78 is 45.1. The molecular weight excluding hydrogens is 641 g/mol. The van der Waals surface area contributed by atoms with Crippen molar-refractivity contribution < 1.29 is 32.3 Å². The molecule has 0 fully saturated rings. The Bertz CT molecular complexity index is 1830. The van der Waals surface area contributed by atoms with E-state index in [1.807, 2.05) is 42.6 Å². The number of hydrogen-bond acceptors (Lipinski definition) is 7. The van der Waals surface area contributed by atoms with Crippen molar-refractivity contribution in [2.45, 2.75) is 44.8 Å². The second-order valence-corrected chi connectivity index (χ2v) is 12.4. The summed E-state index contributed by atoms with van der Waals surface area (Å²) in [7, 11) is 1.66. The van der Waals surface area contributed by atoms with Crippen LogP contribution in [-0.4, -0.2) is 52.5 Å². The first kappa shape index (κ1) is 34.6. The number of aromatic nitrogens is 1. The number of aliphatic hydroxyl groups is 1. The van der Waals surface area contributed by atoms with Gasteiger partial charge in [0.15, 0.2) is 0 Å². The molecule has 0 saturated carbocycles. The van der Waals surface area contributed by atoms with Crippen molar-refractivity contribution in [2.24, 2.45) is 0 Å². The smallest absolute Gasteiger partial charge is 0.416 e. The van der Waals surface area contributed by atoms with Gasteiger partial charge in [-0.2, -0.15) is 13.2 Å². The first-order valence-corrected chi connectivity index (χ1v) is 16.1. The van der Waals surface area contributed by atoms with E-state index in [1.165, 1.54) is 34.6 Å². The largest absolute Gasteiger partial charge is 0.464 e. The zero-order valence-corrected chi connectivity index (χ0v) is 27.1. The lowest BCUT2D eigenvalue weighted by Gasteiger charge is -2.25. The molecule has 0 radical (unpaired) electrons. The molecule has 250 valence electrons. The van der Waals surface area contributed by atoms with Crippen LogP contribution in [-0.2, 0) is 25.7 Å². The maximum Gasteiger partial charge on any atom is 0.416 e. The highest BCUT2D eigenvalue weighted by Gasteiger charge is 2.30. The average molecular weight is 677 g/mol. The van der Waals surface area contributed by atoms with Gasteiger partial charge in [-0.05, 0) is 60.9 Å². The second-order valence-electron chi connectivity index (χ2n) is 11.5. The van der Waals surface area contributed by atoms with Crippen LogP contribution < -0.4 is 10.6 Å². The van der Waals surface area contributed by atoms with Gasteiger partial charge in [0.05, 0.1) is 30.5 Å². The third-order valence-corrected chi connectivity index (χ3v) is 8.60. The van der Waals surface area contributed by atoms with Crippen LogP contribution in [0.4, 0.5) is 13.2 Å². The van der Waals surface area contributed by atoms with Crippen molar-refractivity contribution in [3.63, 3.8) is 0 Å². The third kappa shape index (κ3) is 9.18. The number of benzene rings is 3. The van der Waals surface area contributed by atoms with Crippen molar-refractivity contribution in [2.75, 3.05) is 13.6 Å². The molecule has 0 aliphatic carbocycles. The zero-order valence-electron chi connectivity index (χ0n) is 26.3. The summed E-state index contributed by atoms with van der Waals surface area (Å²) in [5.74, 6) is -0.366. The number of aryl methyl sites for hydroxylation is 1. The Hall–Kier alpha value is -4.78. The molecule has 8 nitrogen and oxygen atoms in total. The standard InChI is InChI=1S/C36H35F3N4O4S/c1-23-22-48-33(41-23)21-43(2)35(46)28-17-26(32-12-7-13-47-32)16-27(18-28)34(45)42-30(15-24-8-4-3-5-9-24)31(44)20-40-19-25-10-6-11-29(14-25)36(37,38)39/h3-14,16-18,22,30-31,40,44H,15,19-21H2,1-2H3,(H,42,45)/t30-,31+/m0/s1. The van der Waals surface area contributed by atoms with Crippen molar-refractivity contribution in [1.82, 2.24) is 20.5 Å². The summed E-state index contributed by atoms with van der Waals surface area (Å²) in [6.45, 7) is 2.25. The predicted molar refractivity (Wildman–Crippen MR) is 177 cm³/mol. The van der Waals surface area contributed by atoms with Gasteiger partial charge in [-0.15, -0.1) is 11.3 Å². The Kier molecular flexibility index (Phi) is 11.1. The number of alkyl halides is 3. The molecule has 0 spiro atoms. The number of rotatable bonds is 13. The monoisotopic (exact) mass is 676 g/mol. The van der Waals surface area contributed by atoms with Gasteiger partial charge in [-0.25, -0.2) is 4.98 Å². The van der Waals surface area contributed by atoms with E-state index in [2.05, 4.69) is 15.6 Å². The number of aliphatic hydroxyl groups excluding tert-OH is 1. The number of thiazole rings is 1. The molecule has 0 unspecified atom stereocenters. The summed E-state index contributed by atoms with van der Waals surface area (Å²) in [6.07, 6.45) is -3.80. The number of halogens is 3. The molecule has 5 rings (SSSR count). The van der Waals surface area contributed by atoms with Gasteiger partial charge >= 0.3 is 6.18 Å². The van der Waals surface area contributed by atoms with Crippen LogP contribution in [0.5, 0.6) is 0 Å². The quantitative estimate of drug-likeness (QED) is 0.132. The van der Waals surface area contributed by atoms with Crippen LogP contribution in [0.2, 0.25) is 0 Å². The van der Waals surface area contributed by atoms with Gasteiger partial charge in [0.2, 0.25) is 0 Å². The summed E-state index contributed by atoms with van der Waals surface area (Å²) in [5, 5.41) is 19.9. The number of carbonyl (C=O) groups is 2. The van der Waals surface area contributed by atoms with E-state index in [0.717, 1.165) is 28.4 Å². The van der Waals surface area contributed by atoms with Crippen LogP contribution >= 0.6 is 11.3 Å². The average Bonchev–Trinajstić information content (AvgIpc) is 3.76. The number of nitrogens with zero attached hydrogens (tertiary/aromatic N) is 2. The van der Waals surface area contributed by atoms with Crippen molar-refractivity contribution in [3.05, 3.63) is 135 Å². The van der Waals surface area contributed by atoms with Gasteiger partial charge in [0.25, 0.3) is 11.8 Å². The van der Waals surface area contributed by atoms with E-state index < -0.39 is 29.8 Å². The van der Waals surface area contributed by atoms with Gasteiger partial charge in [0, 0.05) is 47.9 Å². The molecule has 0 aliphatic rings. The van der Waals surface area contributed by atoms with Gasteiger partial charge in [0.1, 0.15) is 10.8 Å². The predicted octanol–water partition coefficient (Wildman–Crippen LogP) is 6.49. The first-order valence-electron chi connectivity index (χ1n) is 15.2. The Morgan fingerprint density at radius 2 is 1.73 bits per heavy atom. The number of furan rings is 1. The minimum Gasteiger partial charge on any atom is -0.464 e. The summed E-state index contributed by atoms with van der Waals surface area (Å²) in [4.78, 5) is 33.4. The van der Waals surface area contributed by atoms with Crippen molar-refractivity contribution >= 4 is 23.2 Å². The molecule has 2 amide bonds. The van der Waals surface area contributed by atoms with Crippen molar-refractivity contribution in [1.29, 1.82) is 0 Å². The molecule has 3 N–H and O–H groups in total. The van der Waals surface area contributed by atoms with Crippen LogP contribution in [0.15, 0.2) is 101 Å². The molecule has 0 saturated heterocycles. The minimum atomic E-state index is -4.46. The topological polar surface area (TPSA) is 108 Å². The van der Waals surface area contributed by atoms with Gasteiger partial charge < -0.3 is 25.1 Å². The Labute approximate surface area is 280 Å². The summed E-state index contributed by atoms with van der Waals surface area (Å²) in [6, 6.07) is 21.7. The normalized spacial score (nSPS) is 12.8. The molecule has 2 atom stereocenters. The minimum absolute atomic E-state index is 0.00871. The van der Waals surface area contributed by atoms with Crippen LogP contribution in [0.25, 0.3) is 11.3 Å². The molecule has 2 aromatic heterocycles. The Balaban J connectivity index is 1.35. The van der Waals surface area contributed by atoms with E-state index in [4.69, 9.17) is 4.42 Å². The number of carbonyl (C=O) groups excluding carboxylic acids is 2.